The van der Waals surface area contributed by atoms with E-state index in [9.17, 15) is 14.4 Å². The number of carbonyl (C=O) groups is 3. The third kappa shape index (κ3) is 4.22. The van der Waals surface area contributed by atoms with Crippen LogP contribution in [0.1, 0.15) is 40.0 Å². The van der Waals surface area contributed by atoms with Crippen LogP contribution in [0.4, 0.5) is 0 Å². The number of hydrogen-bond acceptors (Lipinski definition) is 3. The average Bonchev–Trinajstić information content (AvgIpc) is 2.28. The molecule has 1 aliphatic carbocycles. The number of rotatable bonds is 7. The van der Waals surface area contributed by atoms with Crippen LogP contribution in [-0.2, 0) is 14.4 Å². The van der Waals surface area contributed by atoms with Gasteiger partial charge in [0.1, 0.15) is 6.04 Å². The van der Waals surface area contributed by atoms with Gasteiger partial charge in [0.05, 0.1) is 5.54 Å². The smallest absolute Gasteiger partial charge is 0.243 e. The molecule has 108 valence electrons. The van der Waals surface area contributed by atoms with Gasteiger partial charge in [-0.2, -0.15) is 0 Å². The zero-order valence-electron chi connectivity index (χ0n) is 11.8. The first kappa shape index (κ1) is 15.5. The van der Waals surface area contributed by atoms with E-state index in [1.807, 2.05) is 13.8 Å². The fraction of sp³-hybridized carbons (Fsp3) is 0.769. The first-order chi connectivity index (χ1) is 8.90. The summed E-state index contributed by atoms with van der Waals surface area (Å²) in [5.41, 5.74) is -0.347. The molecule has 0 aromatic heterocycles. The Labute approximate surface area is 113 Å². The predicted octanol–water partition coefficient (Wildman–Crippen LogP) is -0.0680. The molecule has 0 aliphatic heterocycles. The summed E-state index contributed by atoms with van der Waals surface area (Å²) in [6, 6.07) is -0.535. The van der Waals surface area contributed by atoms with Crippen LogP contribution >= 0.6 is 0 Å². The van der Waals surface area contributed by atoms with Crippen LogP contribution < -0.4 is 16.0 Å². The van der Waals surface area contributed by atoms with Gasteiger partial charge < -0.3 is 16.0 Å². The molecule has 0 aromatic rings. The molecule has 0 aromatic carbocycles. The predicted molar refractivity (Wildman–Crippen MR) is 71.2 cm³/mol. The van der Waals surface area contributed by atoms with E-state index in [0.29, 0.717) is 13.0 Å². The summed E-state index contributed by atoms with van der Waals surface area (Å²) in [4.78, 5) is 33.7. The van der Waals surface area contributed by atoms with Gasteiger partial charge in [0.15, 0.2) is 0 Å². The first-order valence-electron chi connectivity index (χ1n) is 6.66. The minimum atomic E-state index is -0.535. The Morgan fingerprint density at radius 3 is 2.32 bits per heavy atom. The Balaban J connectivity index is 2.61. The van der Waals surface area contributed by atoms with Crippen LogP contribution in [0.25, 0.3) is 0 Å². The molecule has 1 fully saturated rings. The molecule has 1 aliphatic rings. The van der Waals surface area contributed by atoms with Crippen molar-refractivity contribution in [1.29, 1.82) is 0 Å². The van der Waals surface area contributed by atoms with Crippen LogP contribution in [0.5, 0.6) is 0 Å². The average molecular weight is 269 g/mol. The van der Waals surface area contributed by atoms with Gasteiger partial charge in [-0.25, -0.2) is 0 Å². The van der Waals surface area contributed by atoms with Gasteiger partial charge in [0.2, 0.25) is 18.2 Å². The lowest BCUT2D eigenvalue weighted by Gasteiger charge is -2.43. The van der Waals surface area contributed by atoms with E-state index in [-0.39, 0.29) is 23.3 Å². The van der Waals surface area contributed by atoms with E-state index >= 15 is 0 Å². The maximum absolute atomic E-state index is 12.2. The maximum atomic E-state index is 12.2. The summed E-state index contributed by atoms with van der Waals surface area (Å²) in [6.07, 6.45) is 3.29. The zero-order chi connectivity index (χ0) is 14.5. The van der Waals surface area contributed by atoms with Gasteiger partial charge in [-0.3, -0.25) is 14.4 Å². The van der Waals surface area contributed by atoms with Crippen molar-refractivity contribution < 1.29 is 14.4 Å². The Kier molecular flexibility index (Phi) is 5.32. The monoisotopic (exact) mass is 269 g/mol. The Bertz CT molecular complexity index is 351. The lowest BCUT2D eigenvalue weighted by molar-refractivity contribution is -0.129. The molecule has 3 amide bonds. The molecule has 0 radical (unpaired) electrons. The molecule has 6 nitrogen and oxygen atoms in total. The molecular formula is C13H23N3O3. The molecule has 0 bridgehead atoms. The van der Waals surface area contributed by atoms with E-state index in [0.717, 1.165) is 19.3 Å². The SMILES string of the molecule is CC(=O)NCC1(NC(=O)[C@@H](NC=O)C(C)C)CCC1. The molecular weight excluding hydrogens is 246 g/mol. The van der Waals surface area contributed by atoms with Crippen molar-refractivity contribution >= 4 is 18.2 Å². The normalized spacial score (nSPS) is 18.1. The molecule has 1 saturated carbocycles. The number of carbonyl (C=O) groups excluding carboxylic acids is 3. The third-order valence-corrected chi connectivity index (χ3v) is 3.57. The van der Waals surface area contributed by atoms with Crippen molar-refractivity contribution in [2.45, 2.75) is 51.6 Å². The number of amides is 3. The fourth-order valence-electron chi connectivity index (χ4n) is 2.23. The van der Waals surface area contributed by atoms with E-state index in [1.54, 1.807) is 0 Å². The molecule has 0 spiro atoms. The Morgan fingerprint density at radius 2 is 1.95 bits per heavy atom. The summed E-state index contributed by atoms with van der Waals surface area (Å²) in [7, 11) is 0. The highest BCUT2D eigenvalue weighted by Gasteiger charge is 2.40. The van der Waals surface area contributed by atoms with E-state index in [1.165, 1.54) is 6.92 Å². The second-order valence-electron chi connectivity index (χ2n) is 5.54. The second-order valence-corrected chi connectivity index (χ2v) is 5.54. The van der Waals surface area contributed by atoms with Crippen molar-refractivity contribution in [2.75, 3.05) is 6.54 Å². The highest BCUT2D eigenvalue weighted by atomic mass is 16.2. The van der Waals surface area contributed by atoms with Crippen LogP contribution in [0.2, 0.25) is 0 Å². The zero-order valence-corrected chi connectivity index (χ0v) is 11.8. The fourth-order valence-corrected chi connectivity index (χ4v) is 2.23. The lowest BCUT2D eigenvalue weighted by atomic mass is 9.76. The molecule has 6 heteroatoms. The van der Waals surface area contributed by atoms with E-state index in [4.69, 9.17) is 0 Å². The van der Waals surface area contributed by atoms with Crippen molar-refractivity contribution in [1.82, 2.24) is 16.0 Å². The molecule has 0 heterocycles. The minimum absolute atomic E-state index is 0.0168. The van der Waals surface area contributed by atoms with Crippen LogP contribution in [0, 0.1) is 5.92 Å². The summed E-state index contributed by atoms with van der Waals surface area (Å²) >= 11 is 0. The Morgan fingerprint density at radius 1 is 1.32 bits per heavy atom. The Hall–Kier alpha value is -1.59. The molecule has 0 unspecified atom stereocenters. The van der Waals surface area contributed by atoms with Crippen molar-refractivity contribution in [3.63, 3.8) is 0 Å². The lowest BCUT2D eigenvalue weighted by Crippen LogP contribution is -2.63. The van der Waals surface area contributed by atoms with Crippen molar-refractivity contribution in [3.05, 3.63) is 0 Å². The van der Waals surface area contributed by atoms with E-state index < -0.39 is 6.04 Å². The minimum Gasteiger partial charge on any atom is -0.354 e. The van der Waals surface area contributed by atoms with Gasteiger partial charge in [-0.05, 0) is 25.2 Å². The van der Waals surface area contributed by atoms with Crippen LogP contribution in [0.15, 0.2) is 0 Å². The maximum Gasteiger partial charge on any atom is 0.243 e. The molecule has 19 heavy (non-hydrogen) atoms. The summed E-state index contributed by atoms with van der Waals surface area (Å²) < 4.78 is 0. The van der Waals surface area contributed by atoms with Gasteiger partial charge in [-0.15, -0.1) is 0 Å². The third-order valence-electron chi connectivity index (χ3n) is 3.57. The van der Waals surface area contributed by atoms with Gasteiger partial charge in [0, 0.05) is 13.5 Å². The van der Waals surface area contributed by atoms with Crippen molar-refractivity contribution in [3.8, 4) is 0 Å². The van der Waals surface area contributed by atoms with E-state index in [2.05, 4.69) is 16.0 Å². The highest BCUT2D eigenvalue weighted by molar-refractivity contribution is 5.84. The second kappa shape index (κ2) is 6.54. The molecule has 1 rings (SSSR count). The van der Waals surface area contributed by atoms with Crippen LogP contribution in [0.3, 0.4) is 0 Å². The first-order valence-corrected chi connectivity index (χ1v) is 6.66. The largest absolute Gasteiger partial charge is 0.354 e. The molecule has 1 atom stereocenters. The summed E-state index contributed by atoms with van der Waals surface area (Å²) in [6.45, 7) is 5.66. The van der Waals surface area contributed by atoms with Crippen molar-refractivity contribution in [2.24, 2.45) is 5.92 Å². The quantitative estimate of drug-likeness (QED) is 0.565. The highest BCUT2D eigenvalue weighted by Crippen LogP contribution is 2.31. The molecule has 0 saturated heterocycles. The standard InChI is InChI=1S/C13H23N3O3/c1-9(2)11(15-8-17)12(19)16-13(5-4-6-13)7-14-10(3)18/h8-9,11H,4-7H2,1-3H3,(H,14,18)(H,15,17)(H,16,19)/t11-/m0/s1. The number of nitrogens with one attached hydrogen (secondary N) is 3. The van der Waals surface area contributed by atoms with Gasteiger partial charge >= 0.3 is 0 Å². The van der Waals surface area contributed by atoms with Crippen LogP contribution in [-0.4, -0.2) is 36.3 Å². The summed E-state index contributed by atoms with van der Waals surface area (Å²) in [5.74, 6) is -0.276. The number of hydrogen-bond donors (Lipinski definition) is 3. The summed E-state index contributed by atoms with van der Waals surface area (Å²) in [5, 5.41) is 8.26. The van der Waals surface area contributed by atoms with Gasteiger partial charge in [-0.1, -0.05) is 13.8 Å². The van der Waals surface area contributed by atoms with Gasteiger partial charge in [0.25, 0.3) is 0 Å². The molecule has 3 N–H and O–H groups in total. The topological polar surface area (TPSA) is 87.3 Å².